The Balaban J connectivity index is 2.22. The summed E-state index contributed by atoms with van der Waals surface area (Å²) in [5, 5.41) is 11.7. The molecule has 18 heavy (non-hydrogen) atoms. The molecule has 1 amide bonds. The zero-order valence-corrected chi connectivity index (χ0v) is 9.37. The first-order chi connectivity index (χ1) is 8.39. The van der Waals surface area contributed by atoms with Crippen LogP contribution in [-0.2, 0) is 4.79 Å². The molecule has 0 aliphatic heterocycles. The van der Waals surface area contributed by atoms with Crippen LogP contribution in [0.2, 0.25) is 0 Å². The minimum Gasteiger partial charge on any atom is -0.388 e. The fraction of sp³-hybridized carbons (Fsp3) is 0.417. The second-order valence-electron chi connectivity index (χ2n) is 4.25. The number of halogens is 3. The minimum absolute atomic E-state index is 0.292. The third kappa shape index (κ3) is 2.48. The van der Waals surface area contributed by atoms with Gasteiger partial charge < -0.3 is 10.4 Å². The van der Waals surface area contributed by atoms with E-state index in [0.717, 1.165) is 0 Å². The highest BCUT2D eigenvalue weighted by atomic mass is 19.4. The van der Waals surface area contributed by atoms with Crippen molar-refractivity contribution in [3.63, 3.8) is 0 Å². The van der Waals surface area contributed by atoms with E-state index >= 15 is 0 Å². The number of amides is 1. The van der Waals surface area contributed by atoms with Crippen molar-refractivity contribution < 1.29 is 23.1 Å². The molecule has 6 heteroatoms. The van der Waals surface area contributed by atoms with Gasteiger partial charge in [0.25, 0.3) is 0 Å². The lowest BCUT2D eigenvalue weighted by Gasteiger charge is -2.29. The van der Waals surface area contributed by atoms with Crippen LogP contribution in [0.25, 0.3) is 0 Å². The Morgan fingerprint density at radius 3 is 2.44 bits per heavy atom. The minimum atomic E-state index is -4.88. The zero-order valence-electron chi connectivity index (χ0n) is 9.37. The first kappa shape index (κ1) is 12.9. The highest BCUT2D eigenvalue weighted by Gasteiger charge is 2.40. The number of alkyl halides is 3. The molecule has 0 unspecified atom stereocenters. The Morgan fingerprint density at radius 2 is 1.83 bits per heavy atom. The summed E-state index contributed by atoms with van der Waals surface area (Å²) in [7, 11) is 0. The van der Waals surface area contributed by atoms with Crippen LogP contribution in [0.4, 0.5) is 13.2 Å². The molecule has 0 saturated heterocycles. The molecular formula is C12H12F3NO2. The molecule has 2 atom stereocenters. The molecule has 98 valence electrons. The second kappa shape index (κ2) is 4.61. The molecule has 0 heterocycles. The van der Waals surface area contributed by atoms with E-state index in [1.54, 1.807) is 24.3 Å². The smallest absolute Gasteiger partial charge is 0.388 e. The maximum absolute atomic E-state index is 12.2. The molecule has 0 saturated carbocycles. The summed E-state index contributed by atoms with van der Waals surface area (Å²) in [5.74, 6) is -1.95. The number of hydrogen-bond donors (Lipinski definition) is 2. The Hall–Kier alpha value is -1.56. The Kier molecular flexibility index (Phi) is 3.30. The number of rotatable bonds is 1. The molecule has 1 aliphatic rings. The van der Waals surface area contributed by atoms with Gasteiger partial charge in [0.05, 0.1) is 12.1 Å². The van der Waals surface area contributed by atoms with E-state index < -0.39 is 24.2 Å². The van der Waals surface area contributed by atoms with Crippen molar-refractivity contribution in [3.05, 3.63) is 35.4 Å². The van der Waals surface area contributed by atoms with Crippen LogP contribution in [0.5, 0.6) is 0 Å². The van der Waals surface area contributed by atoms with Crippen LogP contribution in [0.15, 0.2) is 24.3 Å². The van der Waals surface area contributed by atoms with Gasteiger partial charge in [-0.25, -0.2) is 0 Å². The SMILES string of the molecule is O=C(N[C@@H]1CC[C@H](O)c2ccccc21)C(F)(F)F. The second-order valence-corrected chi connectivity index (χ2v) is 4.25. The van der Waals surface area contributed by atoms with E-state index in [1.165, 1.54) is 0 Å². The molecule has 1 aliphatic carbocycles. The van der Waals surface area contributed by atoms with Crippen LogP contribution in [0, 0.1) is 0 Å². The molecular weight excluding hydrogens is 247 g/mol. The van der Waals surface area contributed by atoms with Crippen molar-refractivity contribution in [1.29, 1.82) is 0 Å². The van der Waals surface area contributed by atoms with Gasteiger partial charge in [0, 0.05) is 0 Å². The van der Waals surface area contributed by atoms with E-state index in [9.17, 15) is 23.1 Å². The molecule has 2 N–H and O–H groups in total. The number of benzene rings is 1. The van der Waals surface area contributed by atoms with E-state index in [2.05, 4.69) is 0 Å². The summed E-state index contributed by atoms with van der Waals surface area (Å²) in [5.41, 5.74) is 1.13. The molecule has 1 aromatic carbocycles. The molecule has 0 aromatic heterocycles. The van der Waals surface area contributed by atoms with Crippen molar-refractivity contribution in [3.8, 4) is 0 Å². The molecule has 3 nitrogen and oxygen atoms in total. The Labute approximate surface area is 102 Å². The van der Waals surface area contributed by atoms with Crippen LogP contribution in [0.3, 0.4) is 0 Å². The van der Waals surface area contributed by atoms with Crippen LogP contribution in [0.1, 0.15) is 36.1 Å². The van der Waals surface area contributed by atoms with E-state index in [-0.39, 0.29) is 0 Å². The number of carbonyl (C=O) groups excluding carboxylic acids is 1. The molecule has 0 bridgehead atoms. The lowest BCUT2D eigenvalue weighted by molar-refractivity contribution is -0.174. The van der Waals surface area contributed by atoms with Gasteiger partial charge in [-0.1, -0.05) is 24.3 Å². The highest BCUT2D eigenvalue weighted by molar-refractivity contribution is 5.82. The standard InChI is InChI=1S/C12H12F3NO2/c13-12(14,15)11(18)16-9-5-6-10(17)8-4-2-1-3-7(8)9/h1-4,9-10,17H,5-6H2,(H,16,18)/t9-,10+/m1/s1. The molecule has 0 fully saturated rings. The van der Waals surface area contributed by atoms with Crippen molar-refractivity contribution in [2.45, 2.75) is 31.2 Å². The molecule has 0 spiro atoms. The third-order valence-electron chi connectivity index (χ3n) is 3.02. The van der Waals surface area contributed by atoms with Crippen LogP contribution < -0.4 is 5.32 Å². The largest absolute Gasteiger partial charge is 0.471 e. The number of fused-ring (bicyclic) bond motifs is 1. The number of aliphatic hydroxyl groups is 1. The lowest BCUT2D eigenvalue weighted by Crippen LogP contribution is -2.40. The summed E-state index contributed by atoms with van der Waals surface area (Å²) >= 11 is 0. The Bertz CT molecular complexity index is 459. The fourth-order valence-electron chi connectivity index (χ4n) is 2.16. The molecule has 0 radical (unpaired) electrons. The van der Waals surface area contributed by atoms with Crippen molar-refractivity contribution >= 4 is 5.91 Å². The average Bonchev–Trinajstić information content (AvgIpc) is 2.32. The monoisotopic (exact) mass is 259 g/mol. The van der Waals surface area contributed by atoms with Gasteiger partial charge in [-0.3, -0.25) is 4.79 Å². The quantitative estimate of drug-likeness (QED) is 0.812. The first-order valence-electron chi connectivity index (χ1n) is 5.54. The van der Waals surface area contributed by atoms with Crippen molar-refractivity contribution in [2.75, 3.05) is 0 Å². The third-order valence-corrected chi connectivity index (χ3v) is 3.02. The zero-order chi connectivity index (χ0) is 13.3. The normalized spacial score (nSPS) is 23.3. The summed E-state index contributed by atoms with van der Waals surface area (Å²) in [4.78, 5) is 10.9. The van der Waals surface area contributed by atoms with Crippen molar-refractivity contribution in [2.24, 2.45) is 0 Å². The van der Waals surface area contributed by atoms with Crippen LogP contribution >= 0.6 is 0 Å². The maximum atomic E-state index is 12.2. The van der Waals surface area contributed by atoms with E-state index in [0.29, 0.717) is 24.0 Å². The summed E-state index contributed by atoms with van der Waals surface area (Å²) in [6, 6.07) is 5.96. The van der Waals surface area contributed by atoms with Crippen molar-refractivity contribution in [1.82, 2.24) is 5.32 Å². The number of aliphatic hydroxyl groups excluding tert-OH is 1. The van der Waals surface area contributed by atoms with Gasteiger partial charge in [0.2, 0.25) is 0 Å². The van der Waals surface area contributed by atoms with Gasteiger partial charge in [-0.15, -0.1) is 0 Å². The van der Waals surface area contributed by atoms with Gasteiger partial charge in [0.1, 0.15) is 0 Å². The maximum Gasteiger partial charge on any atom is 0.471 e. The fourth-order valence-corrected chi connectivity index (χ4v) is 2.16. The van der Waals surface area contributed by atoms with E-state index in [1.807, 2.05) is 5.32 Å². The highest BCUT2D eigenvalue weighted by Crippen LogP contribution is 2.36. The lowest BCUT2D eigenvalue weighted by atomic mass is 9.86. The van der Waals surface area contributed by atoms with Crippen LogP contribution in [-0.4, -0.2) is 17.2 Å². The number of hydrogen-bond acceptors (Lipinski definition) is 2. The number of carbonyl (C=O) groups is 1. The van der Waals surface area contributed by atoms with E-state index in [4.69, 9.17) is 0 Å². The van der Waals surface area contributed by atoms with Gasteiger partial charge >= 0.3 is 12.1 Å². The van der Waals surface area contributed by atoms with Gasteiger partial charge in [-0.2, -0.15) is 13.2 Å². The molecule has 1 aromatic rings. The predicted molar refractivity (Wildman–Crippen MR) is 57.6 cm³/mol. The van der Waals surface area contributed by atoms with Gasteiger partial charge in [-0.05, 0) is 24.0 Å². The number of nitrogens with one attached hydrogen (secondary N) is 1. The summed E-state index contributed by atoms with van der Waals surface area (Å²) in [6.07, 6.45) is -4.94. The molecule has 2 rings (SSSR count). The topological polar surface area (TPSA) is 49.3 Å². The predicted octanol–water partition coefficient (Wildman–Crippen LogP) is 2.23. The average molecular weight is 259 g/mol. The summed E-state index contributed by atoms with van der Waals surface area (Å²) in [6.45, 7) is 0. The summed E-state index contributed by atoms with van der Waals surface area (Å²) < 4.78 is 36.6. The van der Waals surface area contributed by atoms with Gasteiger partial charge in [0.15, 0.2) is 0 Å². The Morgan fingerprint density at radius 1 is 1.22 bits per heavy atom. The first-order valence-corrected chi connectivity index (χ1v) is 5.54.